The molecule has 2 heteroatoms. The molecule has 0 radical (unpaired) electrons. The molecule has 1 saturated heterocycles. The second-order valence-corrected chi connectivity index (χ2v) is 2.82. The molecule has 0 spiro atoms. The lowest BCUT2D eigenvalue weighted by molar-refractivity contribution is 0.664. The van der Waals surface area contributed by atoms with Crippen molar-refractivity contribution in [2.45, 2.75) is 31.5 Å². The minimum absolute atomic E-state index is 0.512. The molecule has 0 aliphatic carbocycles. The van der Waals surface area contributed by atoms with Crippen LogP contribution in [0.25, 0.3) is 0 Å². The first kappa shape index (κ1) is 5.17. The summed E-state index contributed by atoms with van der Waals surface area (Å²) in [6.45, 7) is 4.45. The molecule has 1 nitrogen and oxygen atoms in total. The van der Waals surface area contributed by atoms with Gasteiger partial charge in [-0.05, 0) is 11.3 Å². The van der Waals surface area contributed by atoms with E-state index in [0.717, 1.165) is 0 Å². The third-order valence-electron chi connectivity index (χ3n) is 2.23. The Labute approximate surface area is 45.5 Å². The lowest BCUT2D eigenvalue weighted by Crippen LogP contribution is -2.04. The Morgan fingerprint density at radius 3 is 2.29 bits per heavy atom. The van der Waals surface area contributed by atoms with Gasteiger partial charge in [0, 0.05) is 0 Å². The molecule has 0 unspecified atom stereocenters. The fourth-order valence-corrected chi connectivity index (χ4v) is 0.850. The molecule has 0 amide bonds. The van der Waals surface area contributed by atoms with Crippen LogP contribution in [0.1, 0.15) is 20.3 Å². The molecule has 0 aromatic heterocycles. The summed E-state index contributed by atoms with van der Waals surface area (Å²) >= 11 is 0. The summed E-state index contributed by atoms with van der Waals surface area (Å²) in [5, 5.41) is 0.528. The van der Waals surface area contributed by atoms with E-state index in [1.807, 2.05) is 0 Å². The summed E-state index contributed by atoms with van der Waals surface area (Å²) < 4.78 is 0. The predicted octanol–water partition coefficient (Wildman–Crippen LogP) is 0.310. The summed E-state index contributed by atoms with van der Waals surface area (Å²) in [5.41, 5.74) is 5.61. The zero-order valence-electron chi connectivity index (χ0n) is 5.07. The molecule has 0 aromatic rings. The molecule has 0 bridgehead atoms. The first-order valence-electron chi connectivity index (χ1n) is 2.94. The van der Waals surface area contributed by atoms with Gasteiger partial charge in [0.2, 0.25) is 0 Å². The maximum absolute atomic E-state index is 5.61. The van der Waals surface area contributed by atoms with Crippen LogP contribution < -0.4 is 5.73 Å². The molecular weight excluding hydrogens is 84.9 g/mol. The first-order chi connectivity index (χ1) is 3.19. The van der Waals surface area contributed by atoms with E-state index in [9.17, 15) is 0 Å². The zero-order chi connectivity index (χ0) is 5.49. The number of rotatable bonds is 1. The molecule has 1 aliphatic rings. The summed E-state index contributed by atoms with van der Waals surface area (Å²) in [6, 6.07) is 0. The Kier molecular flexibility index (Phi) is 0.924. The van der Waals surface area contributed by atoms with Crippen molar-refractivity contribution in [3.8, 4) is 0 Å². The lowest BCUT2D eigenvalue weighted by Gasteiger charge is -2.02. The number of hydrogen-bond acceptors (Lipinski definition) is 1. The van der Waals surface area contributed by atoms with Crippen LogP contribution in [0.3, 0.4) is 0 Å². The van der Waals surface area contributed by atoms with Crippen molar-refractivity contribution in [1.82, 2.24) is 0 Å². The van der Waals surface area contributed by atoms with Crippen molar-refractivity contribution in [1.29, 1.82) is 0 Å². The van der Waals surface area contributed by atoms with Gasteiger partial charge in [0.05, 0.1) is 0 Å². The van der Waals surface area contributed by atoms with Gasteiger partial charge in [0.25, 0.3) is 0 Å². The van der Waals surface area contributed by atoms with E-state index in [0.29, 0.717) is 11.3 Å². The molecule has 1 aliphatic heterocycles. The molecule has 2 atom stereocenters. The van der Waals surface area contributed by atoms with Crippen LogP contribution in [0.5, 0.6) is 0 Å². The van der Waals surface area contributed by atoms with E-state index < -0.39 is 0 Å². The summed E-state index contributed by atoms with van der Waals surface area (Å²) in [5.74, 6) is 0.512. The van der Waals surface area contributed by atoms with Gasteiger partial charge in [-0.2, -0.15) is 0 Å². The standard InChI is InChI=1S/C5H12BN/c1-3-5(2)4(7)6-5/h4,6H,3,7H2,1-2H3/t4-,5-/m1/s1. The second-order valence-electron chi connectivity index (χ2n) is 2.82. The minimum Gasteiger partial charge on any atom is -0.335 e. The van der Waals surface area contributed by atoms with E-state index in [1.54, 1.807) is 0 Å². The third-order valence-corrected chi connectivity index (χ3v) is 2.23. The Balaban J connectivity index is 2.36. The molecule has 1 rings (SSSR count). The highest BCUT2D eigenvalue weighted by molar-refractivity contribution is 6.56. The molecule has 1 fully saturated rings. The Morgan fingerprint density at radius 2 is 2.29 bits per heavy atom. The van der Waals surface area contributed by atoms with Crippen molar-refractivity contribution in [2.24, 2.45) is 5.73 Å². The molecule has 0 saturated carbocycles. The van der Waals surface area contributed by atoms with E-state index in [2.05, 4.69) is 13.8 Å². The number of hydrogen-bond donors (Lipinski definition) is 1. The van der Waals surface area contributed by atoms with Crippen LogP contribution in [0.15, 0.2) is 0 Å². The largest absolute Gasteiger partial charge is 0.335 e. The van der Waals surface area contributed by atoms with Gasteiger partial charge in [0.15, 0.2) is 0 Å². The molecular formula is C5H12BN. The Bertz CT molecular complexity index is 80.1. The highest BCUT2D eigenvalue weighted by atomic mass is 14.7. The van der Waals surface area contributed by atoms with E-state index in [4.69, 9.17) is 5.73 Å². The first-order valence-corrected chi connectivity index (χ1v) is 2.94. The Morgan fingerprint density at radius 1 is 1.86 bits per heavy atom. The predicted molar refractivity (Wildman–Crippen MR) is 33.8 cm³/mol. The van der Waals surface area contributed by atoms with E-state index in [-0.39, 0.29) is 0 Å². The highest BCUT2D eigenvalue weighted by Crippen LogP contribution is 2.45. The Hall–Kier alpha value is 0.0249. The van der Waals surface area contributed by atoms with Crippen molar-refractivity contribution in [3.05, 3.63) is 0 Å². The maximum Gasteiger partial charge on any atom is 0.149 e. The molecule has 2 N–H and O–H groups in total. The smallest absolute Gasteiger partial charge is 0.149 e. The molecule has 40 valence electrons. The zero-order valence-corrected chi connectivity index (χ0v) is 5.07. The fraction of sp³-hybridized carbons (Fsp3) is 1.00. The van der Waals surface area contributed by atoms with Gasteiger partial charge in [-0.1, -0.05) is 20.3 Å². The van der Waals surface area contributed by atoms with Crippen molar-refractivity contribution in [3.63, 3.8) is 0 Å². The van der Waals surface area contributed by atoms with Gasteiger partial charge in [-0.25, -0.2) is 0 Å². The average Bonchev–Trinajstić information content (AvgIpc) is 2.18. The van der Waals surface area contributed by atoms with Gasteiger partial charge >= 0.3 is 0 Å². The summed E-state index contributed by atoms with van der Waals surface area (Å²) in [4.78, 5) is 0. The van der Waals surface area contributed by atoms with Crippen molar-refractivity contribution >= 4 is 7.28 Å². The van der Waals surface area contributed by atoms with Gasteiger partial charge in [0.1, 0.15) is 7.28 Å². The fourth-order valence-electron chi connectivity index (χ4n) is 0.850. The maximum atomic E-state index is 5.61. The van der Waals surface area contributed by atoms with Gasteiger partial charge < -0.3 is 5.73 Å². The van der Waals surface area contributed by atoms with Gasteiger partial charge in [-0.3, -0.25) is 0 Å². The van der Waals surface area contributed by atoms with Crippen LogP contribution in [0.4, 0.5) is 0 Å². The van der Waals surface area contributed by atoms with E-state index in [1.165, 1.54) is 13.7 Å². The average molecular weight is 97.0 g/mol. The SMILES string of the molecule is CC[C@@]1(C)B[C@@H]1N. The molecule has 7 heavy (non-hydrogen) atoms. The van der Waals surface area contributed by atoms with Gasteiger partial charge in [-0.15, -0.1) is 0 Å². The highest BCUT2D eigenvalue weighted by Gasteiger charge is 2.46. The van der Waals surface area contributed by atoms with Crippen LogP contribution in [-0.2, 0) is 0 Å². The van der Waals surface area contributed by atoms with Crippen LogP contribution >= 0.6 is 0 Å². The van der Waals surface area contributed by atoms with Crippen LogP contribution in [0, 0.1) is 0 Å². The lowest BCUT2D eigenvalue weighted by atomic mass is 9.87. The monoisotopic (exact) mass is 97.1 g/mol. The van der Waals surface area contributed by atoms with Crippen molar-refractivity contribution in [2.75, 3.05) is 0 Å². The summed E-state index contributed by atoms with van der Waals surface area (Å²) in [6.07, 6.45) is 1.24. The molecule has 1 heterocycles. The minimum atomic E-state index is 0.512. The summed E-state index contributed by atoms with van der Waals surface area (Å²) in [7, 11) is 1.24. The number of nitrogens with two attached hydrogens (primary N) is 1. The van der Waals surface area contributed by atoms with Crippen LogP contribution in [-0.4, -0.2) is 13.2 Å². The second kappa shape index (κ2) is 1.25. The van der Waals surface area contributed by atoms with Crippen molar-refractivity contribution < 1.29 is 0 Å². The van der Waals surface area contributed by atoms with E-state index >= 15 is 0 Å². The topological polar surface area (TPSA) is 26.0 Å². The third kappa shape index (κ3) is 0.675. The molecule has 0 aromatic carbocycles. The normalized spacial score (nSPS) is 48.1. The quantitative estimate of drug-likeness (QED) is 0.468. The van der Waals surface area contributed by atoms with Crippen LogP contribution in [0.2, 0.25) is 5.31 Å².